The van der Waals surface area contributed by atoms with Crippen LogP contribution in [0.1, 0.15) is 24.5 Å². The Hall–Kier alpha value is -1.88. The maximum atomic E-state index is 11.6. The lowest BCUT2D eigenvalue weighted by Crippen LogP contribution is -2.20. The molecule has 0 N–H and O–H groups in total. The standard InChI is InChI=1S/C15H20O5/c1-4-7-19-14(16)9-18-10-15(17)20-13-8-11(2)5-6-12(13)3/h5-6,8H,4,7,9-10H2,1-3H3. The van der Waals surface area contributed by atoms with Gasteiger partial charge in [-0.1, -0.05) is 19.1 Å². The van der Waals surface area contributed by atoms with E-state index in [-0.39, 0.29) is 13.2 Å². The topological polar surface area (TPSA) is 61.8 Å². The third-order valence-electron chi connectivity index (χ3n) is 2.47. The molecule has 0 atom stereocenters. The van der Waals surface area contributed by atoms with Crippen molar-refractivity contribution in [1.29, 1.82) is 0 Å². The van der Waals surface area contributed by atoms with Gasteiger partial charge in [-0.05, 0) is 37.5 Å². The lowest BCUT2D eigenvalue weighted by molar-refractivity contribution is -0.151. The number of carbonyl (C=O) groups is 2. The van der Waals surface area contributed by atoms with Crippen LogP contribution in [-0.4, -0.2) is 31.8 Å². The summed E-state index contributed by atoms with van der Waals surface area (Å²) in [7, 11) is 0. The van der Waals surface area contributed by atoms with E-state index in [2.05, 4.69) is 0 Å². The van der Waals surface area contributed by atoms with Crippen molar-refractivity contribution in [2.75, 3.05) is 19.8 Å². The molecule has 0 spiro atoms. The Kier molecular flexibility index (Phi) is 6.73. The van der Waals surface area contributed by atoms with Crippen molar-refractivity contribution in [3.8, 4) is 5.75 Å². The fourth-order valence-electron chi connectivity index (χ4n) is 1.44. The summed E-state index contributed by atoms with van der Waals surface area (Å²) in [5.41, 5.74) is 1.87. The Morgan fingerprint density at radius 2 is 1.80 bits per heavy atom. The Balaban J connectivity index is 2.33. The molecule has 0 aliphatic carbocycles. The van der Waals surface area contributed by atoms with Gasteiger partial charge in [-0.15, -0.1) is 0 Å². The van der Waals surface area contributed by atoms with E-state index in [1.165, 1.54) is 0 Å². The summed E-state index contributed by atoms with van der Waals surface area (Å²) < 4.78 is 14.9. The van der Waals surface area contributed by atoms with Crippen LogP contribution in [-0.2, 0) is 19.1 Å². The number of carbonyl (C=O) groups excluding carboxylic acids is 2. The molecule has 1 aromatic rings. The normalized spacial score (nSPS) is 10.2. The van der Waals surface area contributed by atoms with Crippen molar-refractivity contribution in [3.63, 3.8) is 0 Å². The minimum atomic E-state index is -0.540. The molecule has 0 radical (unpaired) electrons. The van der Waals surface area contributed by atoms with Crippen molar-refractivity contribution < 1.29 is 23.8 Å². The highest BCUT2D eigenvalue weighted by Crippen LogP contribution is 2.19. The van der Waals surface area contributed by atoms with Gasteiger partial charge < -0.3 is 14.2 Å². The molecule has 110 valence electrons. The molecule has 5 nitrogen and oxygen atoms in total. The van der Waals surface area contributed by atoms with Crippen LogP contribution >= 0.6 is 0 Å². The van der Waals surface area contributed by atoms with Gasteiger partial charge in [0.25, 0.3) is 0 Å². The summed E-state index contributed by atoms with van der Waals surface area (Å²) in [5, 5.41) is 0. The summed E-state index contributed by atoms with van der Waals surface area (Å²) in [6.07, 6.45) is 0.750. The second-order valence-corrected chi connectivity index (χ2v) is 4.46. The zero-order valence-corrected chi connectivity index (χ0v) is 12.1. The molecule has 0 saturated carbocycles. The quantitative estimate of drug-likeness (QED) is 0.566. The van der Waals surface area contributed by atoms with Crippen molar-refractivity contribution in [2.45, 2.75) is 27.2 Å². The molecule has 0 saturated heterocycles. The van der Waals surface area contributed by atoms with Crippen LogP contribution in [0.4, 0.5) is 0 Å². The van der Waals surface area contributed by atoms with E-state index in [9.17, 15) is 9.59 Å². The van der Waals surface area contributed by atoms with Crippen molar-refractivity contribution in [3.05, 3.63) is 29.3 Å². The monoisotopic (exact) mass is 280 g/mol. The predicted molar refractivity (Wildman–Crippen MR) is 73.6 cm³/mol. The SMILES string of the molecule is CCCOC(=O)COCC(=O)Oc1cc(C)ccc1C. The lowest BCUT2D eigenvalue weighted by Gasteiger charge is -2.08. The van der Waals surface area contributed by atoms with Gasteiger partial charge in [-0.2, -0.15) is 0 Å². The highest BCUT2D eigenvalue weighted by Gasteiger charge is 2.09. The van der Waals surface area contributed by atoms with E-state index in [4.69, 9.17) is 14.2 Å². The van der Waals surface area contributed by atoms with Gasteiger partial charge in [-0.3, -0.25) is 0 Å². The van der Waals surface area contributed by atoms with Crippen LogP contribution < -0.4 is 4.74 Å². The first-order valence-electron chi connectivity index (χ1n) is 6.54. The number of hydrogen-bond donors (Lipinski definition) is 0. The largest absolute Gasteiger partial charge is 0.464 e. The maximum absolute atomic E-state index is 11.6. The first kappa shape index (κ1) is 16.2. The molecular weight excluding hydrogens is 260 g/mol. The van der Waals surface area contributed by atoms with Crippen molar-refractivity contribution in [2.24, 2.45) is 0 Å². The molecule has 0 bridgehead atoms. The van der Waals surface area contributed by atoms with Gasteiger partial charge in [0.2, 0.25) is 0 Å². The molecule has 20 heavy (non-hydrogen) atoms. The van der Waals surface area contributed by atoms with E-state index in [1.54, 1.807) is 6.07 Å². The fraction of sp³-hybridized carbons (Fsp3) is 0.467. The van der Waals surface area contributed by atoms with Crippen LogP contribution in [0.2, 0.25) is 0 Å². The van der Waals surface area contributed by atoms with Gasteiger partial charge in [0.1, 0.15) is 19.0 Å². The summed E-state index contributed by atoms with van der Waals surface area (Å²) in [6.45, 7) is 5.49. The Bertz CT molecular complexity index is 467. The Morgan fingerprint density at radius 1 is 1.10 bits per heavy atom. The number of aryl methyl sites for hydroxylation is 2. The predicted octanol–water partition coefficient (Wildman–Crippen LogP) is 2.18. The average Bonchev–Trinajstić information content (AvgIpc) is 2.40. The molecule has 0 amide bonds. The summed E-state index contributed by atoms with van der Waals surface area (Å²) in [6, 6.07) is 5.59. The van der Waals surface area contributed by atoms with E-state index in [0.29, 0.717) is 12.4 Å². The van der Waals surface area contributed by atoms with E-state index in [1.807, 2.05) is 32.9 Å². The van der Waals surface area contributed by atoms with Crippen LogP contribution in [0.3, 0.4) is 0 Å². The molecule has 0 unspecified atom stereocenters. The fourth-order valence-corrected chi connectivity index (χ4v) is 1.44. The van der Waals surface area contributed by atoms with E-state index >= 15 is 0 Å². The maximum Gasteiger partial charge on any atom is 0.337 e. The molecule has 0 aliphatic heterocycles. The van der Waals surface area contributed by atoms with Crippen LogP contribution in [0, 0.1) is 13.8 Å². The second kappa shape index (κ2) is 8.32. The lowest BCUT2D eigenvalue weighted by atomic mass is 10.1. The minimum Gasteiger partial charge on any atom is -0.464 e. The van der Waals surface area contributed by atoms with E-state index in [0.717, 1.165) is 17.5 Å². The molecule has 0 aromatic heterocycles. The number of hydrogen-bond acceptors (Lipinski definition) is 5. The van der Waals surface area contributed by atoms with Crippen LogP contribution in [0.25, 0.3) is 0 Å². The van der Waals surface area contributed by atoms with Crippen molar-refractivity contribution in [1.82, 2.24) is 0 Å². The molecule has 0 heterocycles. The highest BCUT2D eigenvalue weighted by atomic mass is 16.6. The number of benzene rings is 1. The van der Waals surface area contributed by atoms with Gasteiger partial charge in [0.05, 0.1) is 6.61 Å². The van der Waals surface area contributed by atoms with Gasteiger partial charge >= 0.3 is 11.9 Å². The zero-order chi connectivity index (χ0) is 15.0. The minimum absolute atomic E-state index is 0.248. The summed E-state index contributed by atoms with van der Waals surface area (Å²) >= 11 is 0. The molecule has 1 rings (SSSR count). The third-order valence-corrected chi connectivity index (χ3v) is 2.47. The molecule has 0 fully saturated rings. The highest BCUT2D eigenvalue weighted by molar-refractivity contribution is 5.75. The smallest absolute Gasteiger partial charge is 0.337 e. The summed E-state index contributed by atoms with van der Waals surface area (Å²) in [4.78, 5) is 22.7. The number of rotatable bonds is 7. The second-order valence-electron chi connectivity index (χ2n) is 4.46. The third kappa shape index (κ3) is 5.84. The number of esters is 2. The van der Waals surface area contributed by atoms with Gasteiger partial charge in [-0.25, -0.2) is 9.59 Å². The van der Waals surface area contributed by atoms with Crippen LogP contribution in [0.15, 0.2) is 18.2 Å². The molecular formula is C15H20O5. The van der Waals surface area contributed by atoms with Crippen molar-refractivity contribution >= 4 is 11.9 Å². The molecule has 0 aliphatic rings. The first-order valence-corrected chi connectivity index (χ1v) is 6.54. The number of ether oxygens (including phenoxy) is 3. The average molecular weight is 280 g/mol. The van der Waals surface area contributed by atoms with Crippen LogP contribution in [0.5, 0.6) is 5.75 Å². The van der Waals surface area contributed by atoms with E-state index < -0.39 is 11.9 Å². The molecule has 5 heteroatoms. The van der Waals surface area contributed by atoms with Gasteiger partial charge in [0.15, 0.2) is 0 Å². The molecule has 1 aromatic carbocycles. The van der Waals surface area contributed by atoms with Gasteiger partial charge in [0, 0.05) is 0 Å². The Labute approximate surface area is 118 Å². The Morgan fingerprint density at radius 3 is 2.50 bits per heavy atom. The first-order chi connectivity index (χ1) is 9.52. The zero-order valence-electron chi connectivity index (χ0n) is 12.1. The summed E-state index contributed by atoms with van der Waals surface area (Å²) in [5.74, 6) is -0.513.